The third kappa shape index (κ3) is 4.61. The SMILES string of the molecule is Cc1ccccc1CN[C@H]1CCc2c(c(C(=O)N(C)C)nn2CC2CCCCC2)C1. The Hall–Kier alpha value is -2.14. The second-order valence-corrected chi connectivity index (χ2v) is 9.41. The quantitative estimate of drug-likeness (QED) is 0.782. The monoisotopic (exact) mass is 408 g/mol. The Morgan fingerprint density at radius 1 is 1.17 bits per heavy atom. The van der Waals surface area contributed by atoms with Crippen molar-refractivity contribution in [1.29, 1.82) is 0 Å². The van der Waals surface area contributed by atoms with Crippen LogP contribution in [0.5, 0.6) is 0 Å². The Morgan fingerprint density at radius 2 is 1.93 bits per heavy atom. The molecule has 2 aliphatic carbocycles. The van der Waals surface area contributed by atoms with Gasteiger partial charge in [0.25, 0.3) is 5.91 Å². The van der Waals surface area contributed by atoms with E-state index >= 15 is 0 Å². The molecule has 0 aliphatic heterocycles. The number of aryl methyl sites for hydroxylation is 1. The van der Waals surface area contributed by atoms with E-state index in [-0.39, 0.29) is 5.91 Å². The van der Waals surface area contributed by atoms with E-state index in [1.807, 2.05) is 14.1 Å². The summed E-state index contributed by atoms with van der Waals surface area (Å²) >= 11 is 0. The maximum Gasteiger partial charge on any atom is 0.274 e. The summed E-state index contributed by atoms with van der Waals surface area (Å²) in [5.74, 6) is 0.746. The lowest BCUT2D eigenvalue weighted by Gasteiger charge is -2.26. The van der Waals surface area contributed by atoms with Crippen molar-refractivity contribution in [2.45, 2.75) is 77.4 Å². The zero-order chi connectivity index (χ0) is 21.1. The van der Waals surface area contributed by atoms with Gasteiger partial charge < -0.3 is 10.2 Å². The molecule has 2 aromatic rings. The van der Waals surface area contributed by atoms with E-state index in [2.05, 4.69) is 41.2 Å². The normalized spacial score (nSPS) is 19.5. The van der Waals surface area contributed by atoms with Crippen LogP contribution in [-0.4, -0.2) is 40.7 Å². The van der Waals surface area contributed by atoms with E-state index in [9.17, 15) is 4.79 Å². The summed E-state index contributed by atoms with van der Waals surface area (Å²) in [6.07, 6.45) is 9.63. The molecule has 0 bridgehead atoms. The molecule has 2 aliphatic rings. The molecule has 0 saturated heterocycles. The van der Waals surface area contributed by atoms with Gasteiger partial charge in [0.05, 0.1) is 0 Å². The zero-order valence-corrected chi connectivity index (χ0v) is 18.8. The highest BCUT2D eigenvalue weighted by molar-refractivity contribution is 5.93. The summed E-state index contributed by atoms with van der Waals surface area (Å²) in [6, 6.07) is 8.94. The van der Waals surface area contributed by atoms with Gasteiger partial charge in [-0.1, -0.05) is 43.5 Å². The Morgan fingerprint density at radius 3 is 2.67 bits per heavy atom. The molecular weight excluding hydrogens is 372 g/mol. The first-order valence-electron chi connectivity index (χ1n) is 11.6. The summed E-state index contributed by atoms with van der Waals surface area (Å²) in [5, 5.41) is 8.62. The molecule has 1 aromatic heterocycles. The molecule has 1 heterocycles. The molecule has 1 N–H and O–H groups in total. The first-order valence-corrected chi connectivity index (χ1v) is 11.6. The number of carbonyl (C=O) groups excluding carboxylic acids is 1. The fourth-order valence-corrected chi connectivity index (χ4v) is 5.07. The van der Waals surface area contributed by atoms with Crippen molar-refractivity contribution in [3.05, 3.63) is 52.3 Å². The molecule has 162 valence electrons. The van der Waals surface area contributed by atoms with Crippen molar-refractivity contribution >= 4 is 5.91 Å². The van der Waals surface area contributed by atoms with E-state index in [1.54, 1.807) is 4.90 Å². The van der Waals surface area contributed by atoms with Crippen LogP contribution in [0.3, 0.4) is 0 Å². The summed E-state index contributed by atoms with van der Waals surface area (Å²) in [4.78, 5) is 14.5. The number of rotatable bonds is 6. The minimum Gasteiger partial charge on any atom is -0.343 e. The summed E-state index contributed by atoms with van der Waals surface area (Å²) in [6.45, 7) is 4.02. The molecule has 0 radical (unpaired) electrons. The molecule has 1 fully saturated rings. The van der Waals surface area contributed by atoms with Crippen LogP contribution in [0.1, 0.15) is 71.4 Å². The van der Waals surface area contributed by atoms with Gasteiger partial charge in [-0.05, 0) is 56.1 Å². The average molecular weight is 409 g/mol. The Labute approximate surface area is 180 Å². The standard InChI is InChI=1S/C25H36N4O/c1-18-9-7-8-12-20(18)16-26-21-13-14-23-22(15-21)24(25(30)28(2)3)27-29(23)17-19-10-5-4-6-11-19/h7-9,12,19,21,26H,4-6,10-11,13-17H2,1-3H3/t21-/m0/s1. The Kier molecular flexibility index (Phi) is 6.57. The highest BCUT2D eigenvalue weighted by atomic mass is 16.2. The lowest BCUT2D eigenvalue weighted by molar-refractivity contribution is 0.0819. The van der Waals surface area contributed by atoms with Crippen LogP contribution in [-0.2, 0) is 25.9 Å². The lowest BCUT2D eigenvalue weighted by atomic mass is 9.88. The fraction of sp³-hybridized carbons (Fsp3) is 0.600. The van der Waals surface area contributed by atoms with E-state index in [1.165, 1.54) is 54.5 Å². The maximum atomic E-state index is 12.9. The highest BCUT2D eigenvalue weighted by Crippen LogP contribution is 2.30. The first kappa shape index (κ1) is 21.1. The first-order chi connectivity index (χ1) is 14.5. The molecule has 0 unspecified atom stereocenters. The second kappa shape index (κ2) is 9.34. The minimum atomic E-state index is 0.0354. The number of fused-ring (bicyclic) bond motifs is 1. The van der Waals surface area contributed by atoms with Crippen LogP contribution >= 0.6 is 0 Å². The van der Waals surface area contributed by atoms with Crippen LogP contribution in [0, 0.1) is 12.8 Å². The van der Waals surface area contributed by atoms with Crippen molar-refractivity contribution in [3.63, 3.8) is 0 Å². The van der Waals surface area contributed by atoms with Gasteiger partial charge in [0.2, 0.25) is 0 Å². The minimum absolute atomic E-state index is 0.0354. The Balaban J connectivity index is 1.52. The van der Waals surface area contributed by atoms with E-state index in [0.29, 0.717) is 17.7 Å². The molecular formula is C25H36N4O. The molecule has 5 nitrogen and oxygen atoms in total. The molecule has 1 atom stereocenters. The van der Waals surface area contributed by atoms with Gasteiger partial charge in [-0.25, -0.2) is 0 Å². The number of amides is 1. The molecule has 0 spiro atoms. The zero-order valence-electron chi connectivity index (χ0n) is 18.8. The van der Waals surface area contributed by atoms with Gasteiger partial charge in [-0.15, -0.1) is 0 Å². The summed E-state index contributed by atoms with van der Waals surface area (Å²) in [5.41, 5.74) is 5.83. The number of nitrogens with one attached hydrogen (secondary N) is 1. The fourth-order valence-electron chi connectivity index (χ4n) is 5.07. The van der Waals surface area contributed by atoms with Crippen molar-refractivity contribution < 1.29 is 4.79 Å². The summed E-state index contributed by atoms with van der Waals surface area (Å²) in [7, 11) is 3.65. The van der Waals surface area contributed by atoms with Crippen molar-refractivity contribution in [2.24, 2.45) is 5.92 Å². The molecule has 1 amide bonds. The van der Waals surface area contributed by atoms with Crippen LogP contribution in [0.2, 0.25) is 0 Å². The average Bonchev–Trinajstić information content (AvgIpc) is 3.11. The van der Waals surface area contributed by atoms with Crippen LogP contribution < -0.4 is 5.32 Å². The van der Waals surface area contributed by atoms with Crippen molar-refractivity contribution in [1.82, 2.24) is 20.0 Å². The van der Waals surface area contributed by atoms with Gasteiger partial charge in [-0.3, -0.25) is 9.48 Å². The number of nitrogens with zero attached hydrogens (tertiary/aromatic N) is 3. The van der Waals surface area contributed by atoms with Crippen LogP contribution in [0.15, 0.2) is 24.3 Å². The highest BCUT2D eigenvalue weighted by Gasteiger charge is 2.30. The van der Waals surface area contributed by atoms with Gasteiger partial charge in [0, 0.05) is 44.5 Å². The number of hydrogen-bond acceptors (Lipinski definition) is 3. The number of hydrogen-bond donors (Lipinski definition) is 1. The third-order valence-electron chi connectivity index (χ3n) is 6.95. The molecule has 30 heavy (non-hydrogen) atoms. The van der Waals surface area contributed by atoms with Crippen LogP contribution in [0.4, 0.5) is 0 Å². The number of benzene rings is 1. The van der Waals surface area contributed by atoms with Crippen molar-refractivity contribution in [2.75, 3.05) is 14.1 Å². The third-order valence-corrected chi connectivity index (χ3v) is 6.95. The van der Waals surface area contributed by atoms with E-state index in [0.717, 1.165) is 32.4 Å². The maximum absolute atomic E-state index is 12.9. The smallest absolute Gasteiger partial charge is 0.274 e. The Bertz CT molecular complexity index is 879. The van der Waals surface area contributed by atoms with Crippen LogP contribution in [0.25, 0.3) is 0 Å². The second-order valence-electron chi connectivity index (χ2n) is 9.41. The van der Waals surface area contributed by atoms with E-state index in [4.69, 9.17) is 5.10 Å². The predicted molar refractivity (Wildman–Crippen MR) is 121 cm³/mol. The lowest BCUT2D eigenvalue weighted by Crippen LogP contribution is -2.35. The molecule has 4 rings (SSSR count). The predicted octanol–water partition coefficient (Wildman–Crippen LogP) is 4.12. The number of carbonyl (C=O) groups is 1. The van der Waals surface area contributed by atoms with Crippen molar-refractivity contribution in [3.8, 4) is 0 Å². The summed E-state index contributed by atoms with van der Waals surface area (Å²) < 4.78 is 2.19. The van der Waals surface area contributed by atoms with Gasteiger partial charge >= 0.3 is 0 Å². The topological polar surface area (TPSA) is 50.2 Å². The van der Waals surface area contributed by atoms with E-state index < -0.39 is 0 Å². The number of aromatic nitrogens is 2. The van der Waals surface area contributed by atoms with Gasteiger partial charge in [-0.2, -0.15) is 5.10 Å². The largest absolute Gasteiger partial charge is 0.343 e. The molecule has 1 aromatic carbocycles. The molecule has 1 saturated carbocycles. The van der Waals surface area contributed by atoms with Gasteiger partial charge in [0.15, 0.2) is 5.69 Å². The van der Waals surface area contributed by atoms with Gasteiger partial charge in [0.1, 0.15) is 0 Å². The molecule has 5 heteroatoms.